The first-order valence-electron chi connectivity index (χ1n) is 2.94. The van der Waals surface area contributed by atoms with Gasteiger partial charge in [-0.25, -0.2) is 0 Å². The van der Waals surface area contributed by atoms with Crippen molar-refractivity contribution in [2.24, 2.45) is 5.92 Å². The quantitative estimate of drug-likeness (QED) is 0.583. The van der Waals surface area contributed by atoms with E-state index in [1.54, 1.807) is 6.20 Å². The highest BCUT2D eigenvalue weighted by Crippen LogP contribution is 1.81. The Morgan fingerprint density at radius 2 is 1.80 bits per heavy atom. The predicted molar refractivity (Wildman–Crippen MR) is 47.2 cm³/mol. The van der Waals surface area contributed by atoms with Crippen LogP contribution in [0.5, 0.6) is 0 Å². The van der Waals surface area contributed by atoms with Crippen molar-refractivity contribution < 1.29 is 0 Å². The van der Waals surface area contributed by atoms with E-state index in [4.69, 9.17) is 0 Å². The molecule has 0 aliphatic carbocycles. The Morgan fingerprint density at radius 1 is 1.30 bits per heavy atom. The van der Waals surface area contributed by atoms with Crippen molar-refractivity contribution in [3.05, 3.63) is 11.6 Å². The van der Waals surface area contributed by atoms with Gasteiger partial charge < -0.3 is 0 Å². The van der Waals surface area contributed by atoms with Gasteiger partial charge in [-0.05, 0) is 17.5 Å². The van der Waals surface area contributed by atoms with Crippen LogP contribution in [-0.4, -0.2) is 9.59 Å². The van der Waals surface area contributed by atoms with E-state index in [-0.39, 0.29) is 7.43 Å². The highest BCUT2D eigenvalue weighted by atomic mass is 32.1. The van der Waals surface area contributed by atoms with Crippen LogP contribution in [-0.2, 0) is 0 Å². The topological polar surface area (TPSA) is 25.8 Å². The molecule has 0 atom stereocenters. The third-order valence-corrected chi connectivity index (χ3v) is 0.715. The van der Waals surface area contributed by atoms with Gasteiger partial charge in [0.1, 0.15) is 0 Å². The molecule has 0 unspecified atom stereocenters. The molecule has 0 spiro atoms. The van der Waals surface area contributed by atoms with Crippen molar-refractivity contribution in [1.29, 1.82) is 0 Å². The zero-order chi connectivity index (χ0) is 7.11. The number of aromatic nitrogens is 2. The fourth-order valence-electron chi connectivity index (χ4n) is 0.136. The lowest BCUT2D eigenvalue weighted by molar-refractivity contribution is 0.737. The smallest absolute Gasteiger partial charge is 0.0620 e. The molecule has 0 amide bonds. The summed E-state index contributed by atoms with van der Waals surface area (Å²) in [7, 11) is 0. The number of hydrogen-bond acceptors (Lipinski definition) is 3. The third-order valence-electron chi connectivity index (χ3n) is 0.283. The van der Waals surface area contributed by atoms with E-state index in [1.165, 1.54) is 11.5 Å². The Labute approximate surface area is 67.5 Å². The predicted octanol–water partition coefficient (Wildman–Crippen LogP) is 2.84. The van der Waals surface area contributed by atoms with E-state index in [0.717, 1.165) is 5.92 Å². The van der Waals surface area contributed by atoms with Gasteiger partial charge in [-0.3, -0.25) is 0 Å². The van der Waals surface area contributed by atoms with Crippen molar-refractivity contribution in [2.75, 3.05) is 0 Å². The Kier molecular flexibility index (Phi) is 10.5. The van der Waals surface area contributed by atoms with E-state index in [0.29, 0.717) is 0 Å². The fourth-order valence-corrected chi connectivity index (χ4v) is 0.408. The fraction of sp³-hybridized carbons (Fsp3) is 0.714. The lowest BCUT2D eigenvalue weighted by atomic mass is 10.3. The van der Waals surface area contributed by atoms with Crippen LogP contribution in [0.1, 0.15) is 28.2 Å². The molecular formula is C7H16N2S. The highest BCUT2D eigenvalue weighted by Gasteiger charge is 1.68. The Bertz CT molecular complexity index is 95.2. The summed E-state index contributed by atoms with van der Waals surface area (Å²) in [5, 5.41) is 5.31. The molecule has 0 fully saturated rings. The molecule has 0 saturated heterocycles. The monoisotopic (exact) mass is 160 g/mol. The molecule has 60 valence electrons. The molecule has 10 heavy (non-hydrogen) atoms. The molecule has 0 bridgehead atoms. The van der Waals surface area contributed by atoms with Gasteiger partial charge in [-0.15, -0.1) is 5.10 Å². The normalized spacial score (nSPS) is 7.60. The maximum absolute atomic E-state index is 3.51. The molecule has 0 N–H and O–H groups in total. The summed E-state index contributed by atoms with van der Waals surface area (Å²) in [5.74, 6) is 0.833. The molecule has 0 aromatic carbocycles. The summed E-state index contributed by atoms with van der Waals surface area (Å²) in [6.45, 7) is 6.50. The average molecular weight is 160 g/mol. The summed E-state index contributed by atoms with van der Waals surface area (Å²) < 4.78 is 3.51. The van der Waals surface area contributed by atoms with Gasteiger partial charge in [-0.2, -0.15) is 0 Å². The zero-order valence-corrected chi connectivity index (χ0v) is 6.85. The number of nitrogens with zero attached hydrogens (tertiary/aromatic N) is 2. The lowest BCUT2D eigenvalue weighted by Crippen LogP contribution is -1.66. The SMILES string of the molecule is C.CC(C)C.c1csnn1. The first-order chi connectivity index (χ1) is 4.23. The molecule has 2 nitrogen and oxygen atoms in total. The standard InChI is InChI=1S/C4H10.C2H2N2S.CH4/c1-4(2)3;1-2-5-4-3-1;/h4H,1-3H3;1-2H;1H4. The van der Waals surface area contributed by atoms with Crippen molar-refractivity contribution in [3.63, 3.8) is 0 Å². The first kappa shape index (κ1) is 12.3. The average Bonchev–Trinajstić information content (AvgIpc) is 2.11. The van der Waals surface area contributed by atoms with E-state index in [9.17, 15) is 0 Å². The molecule has 0 aliphatic heterocycles. The Balaban J connectivity index is 0. The maximum Gasteiger partial charge on any atom is 0.0620 e. The lowest BCUT2D eigenvalue weighted by Gasteiger charge is -1.79. The van der Waals surface area contributed by atoms with Crippen LogP contribution in [0.25, 0.3) is 0 Å². The number of hydrogen-bond donors (Lipinski definition) is 0. The molecule has 3 heteroatoms. The summed E-state index contributed by atoms with van der Waals surface area (Å²) in [6.07, 6.45) is 1.66. The van der Waals surface area contributed by atoms with Crippen LogP contribution < -0.4 is 0 Å². The van der Waals surface area contributed by atoms with Gasteiger partial charge in [0.15, 0.2) is 0 Å². The van der Waals surface area contributed by atoms with Crippen molar-refractivity contribution in [1.82, 2.24) is 9.59 Å². The molecule has 1 heterocycles. The largest absolute Gasteiger partial charge is 0.147 e. The van der Waals surface area contributed by atoms with Crippen LogP contribution in [0.2, 0.25) is 0 Å². The second-order valence-corrected chi connectivity index (χ2v) is 2.97. The van der Waals surface area contributed by atoms with Crippen molar-refractivity contribution in [3.8, 4) is 0 Å². The minimum absolute atomic E-state index is 0. The van der Waals surface area contributed by atoms with Gasteiger partial charge in [0.25, 0.3) is 0 Å². The van der Waals surface area contributed by atoms with Gasteiger partial charge in [-0.1, -0.05) is 32.7 Å². The summed E-state index contributed by atoms with van der Waals surface area (Å²) in [6, 6.07) is 0. The van der Waals surface area contributed by atoms with Gasteiger partial charge >= 0.3 is 0 Å². The minimum Gasteiger partial charge on any atom is -0.147 e. The maximum atomic E-state index is 3.51. The van der Waals surface area contributed by atoms with E-state index in [2.05, 4.69) is 30.4 Å². The van der Waals surface area contributed by atoms with Gasteiger partial charge in [0, 0.05) is 5.38 Å². The van der Waals surface area contributed by atoms with E-state index < -0.39 is 0 Å². The molecular weight excluding hydrogens is 144 g/mol. The minimum atomic E-state index is 0. The van der Waals surface area contributed by atoms with Crippen molar-refractivity contribution >= 4 is 11.5 Å². The van der Waals surface area contributed by atoms with Gasteiger partial charge in [0.2, 0.25) is 0 Å². The molecule has 0 saturated carbocycles. The van der Waals surface area contributed by atoms with Crippen LogP contribution in [0.4, 0.5) is 0 Å². The summed E-state index contributed by atoms with van der Waals surface area (Å²) >= 11 is 1.35. The molecule has 0 aliphatic rings. The second-order valence-electron chi connectivity index (χ2n) is 2.32. The molecule has 1 aromatic heterocycles. The van der Waals surface area contributed by atoms with E-state index >= 15 is 0 Å². The van der Waals surface area contributed by atoms with Gasteiger partial charge in [0.05, 0.1) is 6.20 Å². The van der Waals surface area contributed by atoms with Crippen LogP contribution >= 0.6 is 11.5 Å². The summed E-state index contributed by atoms with van der Waals surface area (Å²) in [5.41, 5.74) is 0. The number of rotatable bonds is 0. The van der Waals surface area contributed by atoms with Crippen LogP contribution in [0.3, 0.4) is 0 Å². The second kappa shape index (κ2) is 8.56. The molecule has 1 aromatic rings. The first-order valence-corrected chi connectivity index (χ1v) is 3.78. The Hall–Kier alpha value is -0.440. The van der Waals surface area contributed by atoms with Crippen LogP contribution in [0.15, 0.2) is 11.6 Å². The van der Waals surface area contributed by atoms with E-state index in [1.807, 2.05) is 5.38 Å². The zero-order valence-electron chi connectivity index (χ0n) is 6.03. The molecule has 1 rings (SSSR count). The van der Waals surface area contributed by atoms with Crippen molar-refractivity contribution in [2.45, 2.75) is 28.2 Å². The highest BCUT2D eigenvalue weighted by molar-refractivity contribution is 7.03. The molecule has 0 radical (unpaired) electrons. The Morgan fingerprint density at radius 3 is 1.90 bits per heavy atom. The van der Waals surface area contributed by atoms with Crippen LogP contribution in [0, 0.1) is 5.92 Å². The third kappa shape index (κ3) is 15.6. The summed E-state index contributed by atoms with van der Waals surface area (Å²) in [4.78, 5) is 0.